The monoisotopic (exact) mass is 316 g/mol. The van der Waals surface area contributed by atoms with Crippen LogP contribution in [0.25, 0.3) is 0 Å². The molecule has 3 unspecified atom stereocenters. The topological polar surface area (TPSA) is 59.9 Å². The lowest BCUT2D eigenvalue weighted by Gasteiger charge is -2.15. The molecule has 2 saturated carbocycles. The van der Waals surface area contributed by atoms with Crippen molar-refractivity contribution in [2.45, 2.75) is 32.6 Å². The first-order valence-electron chi connectivity index (χ1n) is 8.15. The quantitative estimate of drug-likeness (QED) is 0.671. The van der Waals surface area contributed by atoms with E-state index in [-0.39, 0.29) is 17.2 Å². The third-order valence-corrected chi connectivity index (χ3v) is 5.43. The number of hydrazone groups is 1. The highest BCUT2D eigenvalue weighted by molar-refractivity contribution is 5.87. The molecule has 1 aromatic rings. The van der Waals surface area contributed by atoms with Crippen LogP contribution in [0.3, 0.4) is 0 Å². The number of amides is 1. The SMILES string of the molecule is COc1ccc(C=NNC(=O)C2C3CCCCC32C)c(OC)c1. The Bertz CT molecular complexity index is 629. The minimum Gasteiger partial charge on any atom is -0.497 e. The lowest BCUT2D eigenvalue weighted by Crippen LogP contribution is -2.22. The molecule has 2 fully saturated rings. The summed E-state index contributed by atoms with van der Waals surface area (Å²) in [5, 5.41) is 4.11. The minimum atomic E-state index is 0.0446. The third kappa shape index (κ3) is 2.92. The van der Waals surface area contributed by atoms with E-state index in [1.165, 1.54) is 19.3 Å². The lowest BCUT2D eigenvalue weighted by molar-refractivity contribution is -0.123. The van der Waals surface area contributed by atoms with Gasteiger partial charge in [-0.15, -0.1) is 0 Å². The maximum atomic E-state index is 12.3. The molecule has 2 aliphatic rings. The number of nitrogens with zero attached hydrogens (tertiary/aromatic N) is 1. The van der Waals surface area contributed by atoms with Crippen molar-refractivity contribution < 1.29 is 14.3 Å². The van der Waals surface area contributed by atoms with Crippen molar-refractivity contribution in [3.8, 4) is 11.5 Å². The molecule has 23 heavy (non-hydrogen) atoms. The zero-order valence-corrected chi connectivity index (χ0v) is 14.0. The molecule has 1 N–H and O–H groups in total. The van der Waals surface area contributed by atoms with E-state index in [0.29, 0.717) is 11.7 Å². The molecule has 0 aromatic heterocycles. The van der Waals surface area contributed by atoms with Crippen molar-refractivity contribution in [1.29, 1.82) is 0 Å². The van der Waals surface area contributed by atoms with Crippen LogP contribution < -0.4 is 14.9 Å². The van der Waals surface area contributed by atoms with Gasteiger partial charge in [0.25, 0.3) is 0 Å². The van der Waals surface area contributed by atoms with Crippen LogP contribution in [0.4, 0.5) is 0 Å². The number of benzene rings is 1. The van der Waals surface area contributed by atoms with E-state index in [2.05, 4.69) is 17.5 Å². The fourth-order valence-electron chi connectivity index (χ4n) is 4.01. The maximum absolute atomic E-state index is 12.3. The Hall–Kier alpha value is -2.04. The highest BCUT2D eigenvalue weighted by Gasteiger charge is 2.64. The van der Waals surface area contributed by atoms with Crippen molar-refractivity contribution in [3.05, 3.63) is 23.8 Å². The van der Waals surface area contributed by atoms with Gasteiger partial charge in [0.05, 0.1) is 20.4 Å². The van der Waals surface area contributed by atoms with Crippen LogP contribution in [0.2, 0.25) is 0 Å². The smallest absolute Gasteiger partial charge is 0.244 e. The number of ether oxygens (including phenoxy) is 2. The second-order valence-corrected chi connectivity index (χ2v) is 6.68. The van der Waals surface area contributed by atoms with Crippen LogP contribution in [-0.4, -0.2) is 26.3 Å². The van der Waals surface area contributed by atoms with Gasteiger partial charge < -0.3 is 9.47 Å². The fourth-order valence-corrected chi connectivity index (χ4v) is 4.01. The van der Waals surface area contributed by atoms with Crippen molar-refractivity contribution >= 4 is 12.1 Å². The van der Waals surface area contributed by atoms with E-state index < -0.39 is 0 Å². The summed E-state index contributed by atoms with van der Waals surface area (Å²) in [5.74, 6) is 2.09. The van der Waals surface area contributed by atoms with Crippen molar-refractivity contribution in [2.75, 3.05) is 14.2 Å². The summed E-state index contributed by atoms with van der Waals surface area (Å²) in [5.41, 5.74) is 3.70. The highest BCUT2D eigenvalue weighted by atomic mass is 16.5. The van der Waals surface area contributed by atoms with Crippen molar-refractivity contribution in [2.24, 2.45) is 22.4 Å². The molecule has 5 nitrogen and oxygen atoms in total. The summed E-state index contributed by atoms with van der Waals surface area (Å²) in [6.07, 6.45) is 6.43. The molecule has 0 radical (unpaired) electrons. The van der Waals surface area contributed by atoms with Crippen molar-refractivity contribution in [1.82, 2.24) is 5.43 Å². The second kappa shape index (κ2) is 6.22. The van der Waals surface area contributed by atoms with Gasteiger partial charge in [0.2, 0.25) is 5.91 Å². The Labute approximate surface area is 137 Å². The average molecular weight is 316 g/mol. The molecule has 0 bridgehead atoms. The molecule has 1 aromatic carbocycles. The number of fused-ring (bicyclic) bond motifs is 1. The van der Waals surface area contributed by atoms with E-state index in [9.17, 15) is 4.79 Å². The predicted molar refractivity (Wildman–Crippen MR) is 88.8 cm³/mol. The molecule has 0 aliphatic heterocycles. The summed E-state index contributed by atoms with van der Waals surface area (Å²) in [7, 11) is 3.21. The minimum absolute atomic E-state index is 0.0446. The summed E-state index contributed by atoms with van der Waals surface area (Å²) in [6.45, 7) is 2.23. The van der Waals surface area contributed by atoms with Crippen LogP contribution in [0.5, 0.6) is 11.5 Å². The van der Waals surface area contributed by atoms with E-state index in [4.69, 9.17) is 9.47 Å². The highest BCUT2D eigenvalue weighted by Crippen LogP contribution is 2.66. The summed E-state index contributed by atoms with van der Waals surface area (Å²) in [6, 6.07) is 5.48. The Morgan fingerprint density at radius 1 is 1.35 bits per heavy atom. The number of hydrogen-bond donors (Lipinski definition) is 1. The van der Waals surface area contributed by atoms with Crippen molar-refractivity contribution in [3.63, 3.8) is 0 Å². The average Bonchev–Trinajstić information content (AvgIpc) is 3.20. The van der Waals surface area contributed by atoms with Gasteiger partial charge in [-0.2, -0.15) is 5.10 Å². The Morgan fingerprint density at radius 2 is 2.17 bits per heavy atom. The molecular weight excluding hydrogens is 292 g/mol. The Kier molecular flexibility index (Phi) is 4.28. The Morgan fingerprint density at radius 3 is 2.83 bits per heavy atom. The molecule has 3 atom stereocenters. The lowest BCUT2D eigenvalue weighted by atomic mass is 9.90. The van der Waals surface area contributed by atoms with Gasteiger partial charge in [0, 0.05) is 17.5 Å². The molecule has 0 spiro atoms. The molecular formula is C18H24N2O3. The van der Waals surface area contributed by atoms with Crippen LogP contribution in [0.15, 0.2) is 23.3 Å². The number of nitrogens with one attached hydrogen (secondary N) is 1. The number of rotatable bonds is 5. The molecule has 5 heteroatoms. The normalized spacial score (nSPS) is 29.0. The number of hydrogen-bond acceptors (Lipinski definition) is 4. The van der Waals surface area contributed by atoms with Gasteiger partial charge in [-0.25, -0.2) is 5.43 Å². The summed E-state index contributed by atoms with van der Waals surface area (Å²) in [4.78, 5) is 12.3. The molecule has 1 amide bonds. The molecule has 2 aliphatic carbocycles. The maximum Gasteiger partial charge on any atom is 0.244 e. The van der Waals surface area contributed by atoms with E-state index in [1.54, 1.807) is 26.5 Å². The molecule has 0 saturated heterocycles. The van der Waals surface area contributed by atoms with Gasteiger partial charge in [-0.1, -0.05) is 19.8 Å². The molecule has 124 valence electrons. The summed E-state index contributed by atoms with van der Waals surface area (Å²) >= 11 is 0. The first-order valence-corrected chi connectivity index (χ1v) is 8.15. The predicted octanol–water partition coefficient (Wildman–Crippen LogP) is 2.98. The number of carbonyl (C=O) groups excluding carboxylic acids is 1. The van der Waals surface area contributed by atoms with Crippen LogP contribution in [-0.2, 0) is 4.79 Å². The van der Waals surface area contributed by atoms with Gasteiger partial charge >= 0.3 is 0 Å². The number of methoxy groups -OCH3 is 2. The second-order valence-electron chi connectivity index (χ2n) is 6.68. The summed E-state index contributed by atoms with van der Waals surface area (Å²) < 4.78 is 10.5. The van der Waals surface area contributed by atoms with Gasteiger partial charge in [0.1, 0.15) is 11.5 Å². The third-order valence-electron chi connectivity index (χ3n) is 5.43. The van der Waals surface area contributed by atoms with Crippen LogP contribution in [0, 0.1) is 17.3 Å². The van der Waals surface area contributed by atoms with E-state index >= 15 is 0 Å². The first kappa shape index (κ1) is 15.8. The Balaban J connectivity index is 1.62. The molecule has 0 heterocycles. The largest absolute Gasteiger partial charge is 0.497 e. The fraction of sp³-hybridized carbons (Fsp3) is 0.556. The van der Waals surface area contributed by atoms with Gasteiger partial charge in [0.15, 0.2) is 0 Å². The van der Waals surface area contributed by atoms with Gasteiger partial charge in [-0.3, -0.25) is 4.79 Å². The molecule has 3 rings (SSSR count). The first-order chi connectivity index (χ1) is 11.1. The standard InChI is InChI=1S/C18H24N2O3/c1-18-9-5-4-6-14(18)16(18)17(21)20-19-11-12-7-8-13(22-2)10-15(12)23-3/h7-8,10-11,14,16H,4-6,9H2,1-3H3,(H,20,21). The van der Waals surface area contributed by atoms with Crippen LogP contribution >= 0.6 is 0 Å². The van der Waals surface area contributed by atoms with E-state index in [1.807, 2.05) is 12.1 Å². The number of carbonyl (C=O) groups is 1. The van der Waals surface area contributed by atoms with E-state index in [0.717, 1.165) is 17.7 Å². The van der Waals surface area contributed by atoms with Crippen LogP contribution in [0.1, 0.15) is 38.2 Å². The zero-order valence-electron chi connectivity index (χ0n) is 14.0. The zero-order chi connectivity index (χ0) is 16.4. The van der Waals surface area contributed by atoms with Gasteiger partial charge in [-0.05, 0) is 36.3 Å².